The van der Waals surface area contributed by atoms with Gasteiger partial charge in [0.05, 0.1) is 24.9 Å². The Labute approximate surface area is 268 Å². The average molecular weight is 659 g/mol. The van der Waals surface area contributed by atoms with Crippen LogP contribution < -0.4 is 0 Å². The van der Waals surface area contributed by atoms with E-state index in [1.807, 2.05) is 0 Å². The van der Waals surface area contributed by atoms with Crippen LogP contribution in [0.15, 0.2) is 11.6 Å². The number of cyclic esters (lactones) is 1. The van der Waals surface area contributed by atoms with Crippen LogP contribution in [0.5, 0.6) is 0 Å². The van der Waals surface area contributed by atoms with E-state index in [0.29, 0.717) is 12.8 Å². The second-order valence-corrected chi connectivity index (χ2v) is 15.0. The summed E-state index contributed by atoms with van der Waals surface area (Å²) in [6.07, 6.45) is -10.7. The summed E-state index contributed by atoms with van der Waals surface area (Å²) in [5, 5.41) is 73.8. The molecule has 46 heavy (non-hydrogen) atoms. The molecular formula is C32H50O14. The Morgan fingerprint density at radius 2 is 1.61 bits per heavy atom. The van der Waals surface area contributed by atoms with Gasteiger partial charge in [0.2, 0.25) is 0 Å². The number of carbonyl (C=O) groups excluding carboxylic acids is 1. The lowest BCUT2D eigenvalue weighted by Crippen LogP contribution is -2.65. The van der Waals surface area contributed by atoms with Crippen LogP contribution in [-0.2, 0) is 33.2 Å². The molecule has 0 amide bonds. The van der Waals surface area contributed by atoms with Crippen molar-refractivity contribution < 1.29 is 69.0 Å². The molecule has 6 rings (SSSR count). The normalized spacial score (nSPS) is 52.3. The maximum absolute atomic E-state index is 11.8. The largest absolute Gasteiger partial charge is 0.458 e. The minimum absolute atomic E-state index is 0.0519. The molecule has 262 valence electrons. The highest BCUT2D eigenvalue weighted by atomic mass is 16.8. The number of fused-ring (bicyclic) bond motifs is 3. The molecule has 4 heterocycles. The highest BCUT2D eigenvalue weighted by molar-refractivity contribution is 5.85. The summed E-state index contributed by atoms with van der Waals surface area (Å²) in [4.78, 5) is 11.8. The van der Waals surface area contributed by atoms with Gasteiger partial charge in [-0.2, -0.15) is 0 Å². The van der Waals surface area contributed by atoms with Gasteiger partial charge in [-0.3, -0.25) is 0 Å². The molecule has 7 N–H and O–H groups in total. The fourth-order valence-corrected chi connectivity index (χ4v) is 9.41. The summed E-state index contributed by atoms with van der Waals surface area (Å²) >= 11 is 0. The number of hydrogen-bond acceptors (Lipinski definition) is 14. The predicted octanol–water partition coefficient (Wildman–Crippen LogP) is -0.917. The molecule has 17 atom stereocenters. The number of carbonyl (C=O) groups is 1. The molecule has 3 saturated heterocycles. The molecule has 0 bridgehead atoms. The molecule has 0 aromatic carbocycles. The van der Waals surface area contributed by atoms with Crippen molar-refractivity contribution in [3.8, 4) is 0 Å². The van der Waals surface area contributed by atoms with Gasteiger partial charge in [-0.1, -0.05) is 20.8 Å². The zero-order valence-corrected chi connectivity index (χ0v) is 26.8. The lowest BCUT2D eigenvalue weighted by Gasteiger charge is -2.63. The van der Waals surface area contributed by atoms with E-state index >= 15 is 0 Å². The average Bonchev–Trinajstić information content (AvgIpc) is 3.45. The Morgan fingerprint density at radius 1 is 0.870 bits per heavy atom. The molecule has 0 aromatic heterocycles. The molecule has 3 unspecified atom stereocenters. The molecule has 2 saturated carbocycles. The van der Waals surface area contributed by atoms with Crippen molar-refractivity contribution in [2.45, 2.75) is 140 Å². The monoisotopic (exact) mass is 658 g/mol. The Bertz CT molecular complexity index is 1150. The maximum atomic E-state index is 11.8. The Kier molecular flexibility index (Phi) is 9.69. The molecule has 2 aliphatic carbocycles. The molecule has 5 fully saturated rings. The third-order valence-electron chi connectivity index (χ3n) is 12.1. The van der Waals surface area contributed by atoms with E-state index in [1.54, 1.807) is 0 Å². The molecule has 0 spiro atoms. The molecule has 4 aliphatic heterocycles. The lowest BCUT2D eigenvalue weighted by molar-refractivity contribution is -0.376. The molecule has 14 heteroatoms. The van der Waals surface area contributed by atoms with Gasteiger partial charge < -0.3 is 64.2 Å². The molecule has 14 nitrogen and oxygen atoms in total. The number of hydrogen-bond donors (Lipinski definition) is 7. The third-order valence-corrected chi connectivity index (χ3v) is 12.1. The number of aliphatic hydroxyl groups excluding tert-OH is 7. The Morgan fingerprint density at radius 3 is 2.28 bits per heavy atom. The topological polar surface area (TPSA) is 214 Å². The van der Waals surface area contributed by atoms with Crippen molar-refractivity contribution in [1.82, 2.24) is 0 Å². The van der Waals surface area contributed by atoms with Crippen molar-refractivity contribution in [3.05, 3.63) is 11.6 Å². The Hall–Kier alpha value is -1.27. The van der Waals surface area contributed by atoms with E-state index in [2.05, 4.69) is 20.8 Å². The molecule has 0 radical (unpaired) electrons. The minimum Gasteiger partial charge on any atom is -0.458 e. The first kappa shape index (κ1) is 34.6. The summed E-state index contributed by atoms with van der Waals surface area (Å²) in [6.45, 7) is 7.59. The molecular weight excluding hydrogens is 608 g/mol. The van der Waals surface area contributed by atoms with Crippen LogP contribution in [-0.4, -0.2) is 135 Å². The van der Waals surface area contributed by atoms with Crippen molar-refractivity contribution in [2.75, 3.05) is 13.2 Å². The second-order valence-electron chi connectivity index (χ2n) is 15.0. The minimum atomic E-state index is -1.66. The van der Waals surface area contributed by atoms with E-state index in [-0.39, 0.29) is 29.8 Å². The first-order chi connectivity index (χ1) is 21.7. The first-order valence-corrected chi connectivity index (χ1v) is 16.5. The number of esters is 1. The van der Waals surface area contributed by atoms with E-state index < -0.39 is 97.9 Å². The van der Waals surface area contributed by atoms with E-state index in [1.165, 1.54) is 13.0 Å². The highest BCUT2D eigenvalue weighted by Crippen LogP contribution is 2.64. The highest BCUT2D eigenvalue weighted by Gasteiger charge is 2.62. The van der Waals surface area contributed by atoms with Crippen molar-refractivity contribution in [1.29, 1.82) is 0 Å². The van der Waals surface area contributed by atoms with Gasteiger partial charge in [0, 0.05) is 17.6 Å². The number of aliphatic hydroxyl groups is 7. The maximum Gasteiger partial charge on any atom is 0.331 e. The summed E-state index contributed by atoms with van der Waals surface area (Å²) in [6, 6.07) is 0. The standard InChI is InChI=1S/C32H50O14/c1-13-22(35)24(37)26(39)29(42-13)46-27-25(38)23(36)18(11-33)44-30(27)45-20-7-8-32(4)16-10-17(14-9-21(34)41-12-14)43-28(40)15(16)5-6-19(32)31(20,2)3/h9,13,15-20,22-30,33,35-40H,5-8,10-12H2,1-4H3/t13-,15?,16?,17+,18+,19-,20-,22-,23+,24+,25-,26+,27+,28?,29-,30-,32+/m0/s1. The summed E-state index contributed by atoms with van der Waals surface area (Å²) < 4.78 is 35.2. The summed E-state index contributed by atoms with van der Waals surface area (Å²) in [5.41, 5.74) is 0.105. The van der Waals surface area contributed by atoms with Crippen molar-refractivity contribution in [2.24, 2.45) is 28.6 Å². The lowest BCUT2D eigenvalue weighted by atomic mass is 9.44. The van der Waals surface area contributed by atoms with Crippen LogP contribution in [0.1, 0.15) is 59.8 Å². The third kappa shape index (κ3) is 5.86. The molecule has 0 aromatic rings. The van der Waals surface area contributed by atoms with Gasteiger partial charge in [0.25, 0.3) is 0 Å². The van der Waals surface area contributed by atoms with Gasteiger partial charge in [0.15, 0.2) is 18.9 Å². The van der Waals surface area contributed by atoms with Gasteiger partial charge >= 0.3 is 5.97 Å². The number of ether oxygens (including phenoxy) is 6. The fraction of sp³-hybridized carbons (Fsp3) is 0.906. The SMILES string of the molecule is C[C@@H]1O[C@@H](O[C@H]2[C@H](O[C@H]3CC[C@]4(C)C5C[C@H](C6=CC(=O)OC6)OC(O)C5CC[C@H]4C3(C)C)O[C@H](CO)[C@@H](O)[C@@H]2O)[C@H](O)[C@H](O)[C@H]1O. The van der Waals surface area contributed by atoms with Gasteiger partial charge in [0.1, 0.15) is 49.3 Å². The quantitative estimate of drug-likeness (QED) is 0.136. The van der Waals surface area contributed by atoms with E-state index in [4.69, 9.17) is 28.4 Å². The van der Waals surface area contributed by atoms with E-state index in [0.717, 1.165) is 24.8 Å². The van der Waals surface area contributed by atoms with Crippen molar-refractivity contribution >= 4 is 5.97 Å². The fourth-order valence-electron chi connectivity index (χ4n) is 9.41. The molecule has 6 aliphatic rings. The van der Waals surface area contributed by atoms with Crippen LogP contribution in [0.25, 0.3) is 0 Å². The van der Waals surface area contributed by atoms with Crippen LogP contribution in [0.4, 0.5) is 0 Å². The zero-order chi connectivity index (χ0) is 33.3. The summed E-state index contributed by atoms with van der Waals surface area (Å²) in [5.74, 6) is -0.190. The number of rotatable bonds is 6. The smallest absolute Gasteiger partial charge is 0.331 e. The summed E-state index contributed by atoms with van der Waals surface area (Å²) in [7, 11) is 0. The van der Waals surface area contributed by atoms with Gasteiger partial charge in [-0.25, -0.2) is 4.79 Å². The zero-order valence-electron chi connectivity index (χ0n) is 26.8. The van der Waals surface area contributed by atoms with Crippen molar-refractivity contribution in [3.63, 3.8) is 0 Å². The van der Waals surface area contributed by atoms with Gasteiger partial charge in [-0.15, -0.1) is 0 Å². The van der Waals surface area contributed by atoms with Crippen LogP contribution in [0.3, 0.4) is 0 Å². The predicted molar refractivity (Wildman–Crippen MR) is 155 cm³/mol. The second kappa shape index (κ2) is 12.9. The van der Waals surface area contributed by atoms with Crippen LogP contribution in [0, 0.1) is 28.6 Å². The van der Waals surface area contributed by atoms with Crippen LogP contribution in [0.2, 0.25) is 0 Å². The Balaban J connectivity index is 1.22. The first-order valence-electron chi connectivity index (χ1n) is 16.5. The van der Waals surface area contributed by atoms with Crippen LogP contribution >= 0.6 is 0 Å². The van der Waals surface area contributed by atoms with E-state index in [9.17, 15) is 40.5 Å². The van der Waals surface area contributed by atoms with Gasteiger partial charge in [-0.05, 0) is 61.7 Å².